The Labute approximate surface area is 110 Å². The maximum absolute atomic E-state index is 12.8. The SMILES string of the molecule is C#CCSCCNS(=O)(=O)c1ccc(F)cc1N. The van der Waals surface area contributed by atoms with E-state index in [-0.39, 0.29) is 17.1 Å². The highest BCUT2D eigenvalue weighted by Gasteiger charge is 2.16. The summed E-state index contributed by atoms with van der Waals surface area (Å²) in [5.41, 5.74) is 5.36. The molecule has 7 heteroatoms. The van der Waals surface area contributed by atoms with Crippen LogP contribution in [0.3, 0.4) is 0 Å². The first kappa shape index (κ1) is 14.8. The van der Waals surface area contributed by atoms with Crippen molar-refractivity contribution in [2.45, 2.75) is 4.90 Å². The number of hydrogen-bond donors (Lipinski definition) is 2. The fraction of sp³-hybridized carbons (Fsp3) is 0.273. The topological polar surface area (TPSA) is 72.2 Å². The van der Waals surface area contributed by atoms with E-state index >= 15 is 0 Å². The molecule has 1 aromatic carbocycles. The molecule has 98 valence electrons. The van der Waals surface area contributed by atoms with Gasteiger partial charge in [0.1, 0.15) is 10.7 Å². The predicted octanol–water partition coefficient (Wildman–Crippen LogP) is 1.05. The standard InChI is InChI=1S/C11H13FN2O2S2/c1-2-6-17-7-5-14-18(15,16)11-4-3-9(12)8-10(11)13/h1,3-4,8,14H,5-7,13H2. The van der Waals surface area contributed by atoms with Gasteiger partial charge in [-0.05, 0) is 18.2 Å². The molecule has 0 spiro atoms. The number of terminal acetylenes is 1. The highest BCUT2D eigenvalue weighted by molar-refractivity contribution is 7.99. The molecule has 3 N–H and O–H groups in total. The lowest BCUT2D eigenvalue weighted by molar-refractivity contribution is 0.584. The smallest absolute Gasteiger partial charge is 0.242 e. The molecule has 0 aliphatic heterocycles. The second-order valence-electron chi connectivity index (χ2n) is 3.34. The second kappa shape index (κ2) is 6.64. The fourth-order valence-electron chi connectivity index (χ4n) is 1.22. The largest absolute Gasteiger partial charge is 0.398 e. The van der Waals surface area contributed by atoms with Gasteiger partial charge in [-0.2, -0.15) is 0 Å². The van der Waals surface area contributed by atoms with Crippen molar-refractivity contribution in [2.24, 2.45) is 0 Å². The van der Waals surface area contributed by atoms with Gasteiger partial charge in [-0.3, -0.25) is 0 Å². The zero-order chi connectivity index (χ0) is 13.6. The zero-order valence-electron chi connectivity index (χ0n) is 9.52. The zero-order valence-corrected chi connectivity index (χ0v) is 11.2. The number of halogens is 1. The van der Waals surface area contributed by atoms with E-state index < -0.39 is 15.8 Å². The number of thioether (sulfide) groups is 1. The predicted molar refractivity (Wildman–Crippen MR) is 72.2 cm³/mol. The van der Waals surface area contributed by atoms with Crippen LogP contribution in [-0.2, 0) is 10.0 Å². The molecule has 0 saturated heterocycles. The van der Waals surface area contributed by atoms with Crippen LogP contribution in [0.1, 0.15) is 0 Å². The maximum atomic E-state index is 12.8. The Balaban J connectivity index is 2.66. The Kier molecular flexibility index (Phi) is 5.47. The van der Waals surface area contributed by atoms with Gasteiger partial charge in [-0.15, -0.1) is 18.2 Å². The Morgan fingerprint density at radius 1 is 1.50 bits per heavy atom. The van der Waals surface area contributed by atoms with E-state index in [0.717, 1.165) is 18.2 Å². The third kappa shape index (κ3) is 4.22. The Morgan fingerprint density at radius 3 is 2.83 bits per heavy atom. The van der Waals surface area contributed by atoms with Crippen molar-refractivity contribution in [3.05, 3.63) is 24.0 Å². The first-order valence-corrected chi connectivity index (χ1v) is 7.67. The molecule has 0 atom stereocenters. The molecule has 0 aromatic heterocycles. The first-order chi connectivity index (χ1) is 8.47. The van der Waals surface area contributed by atoms with Gasteiger partial charge in [-0.25, -0.2) is 17.5 Å². The number of nitrogens with two attached hydrogens (primary N) is 1. The van der Waals surface area contributed by atoms with Gasteiger partial charge < -0.3 is 5.73 Å². The van der Waals surface area contributed by atoms with Crippen LogP contribution in [0.25, 0.3) is 0 Å². The molecule has 0 aliphatic carbocycles. The van der Waals surface area contributed by atoms with Gasteiger partial charge in [-0.1, -0.05) is 5.92 Å². The molecular formula is C11H13FN2O2S2. The van der Waals surface area contributed by atoms with E-state index in [1.165, 1.54) is 11.8 Å². The van der Waals surface area contributed by atoms with Crippen molar-refractivity contribution in [1.29, 1.82) is 0 Å². The Hall–Kier alpha value is -1.23. The number of rotatable bonds is 6. The number of benzene rings is 1. The van der Waals surface area contributed by atoms with Crippen LogP contribution in [0.5, 0.6) is 0 Å². The summed E-state index contributed by atoms with van der Waals surface area (Å²) in [6, 6.07) is 3.17. The van der Waals surface area contributed by atoms with Crippen molar-refractivity contribution < 1.29 is 12.8 Å². The minimum atomic E-state index is -3.70. The monoisotopic (exact) mass is 288 g/mol. The molecule has 0 unspecified atom stereocenters. The number of sulfonamides is 1. The highest BCUT2D eigenvalue weighted by atomic mass is 32.2. The molecule has 0 fully saturated rings. The van der Waals surface area contributed by atoms with Gasteiger partial charge in [0.25, 0.3) is 0 Å². The van der Waals surface area contributed by atoms with Gasteiger partial charge in [0.05, 0.1) is 11.4 Å². The van der Waals surface area contributed by atoms with Crippen LogP contribution in [0.4, 0.5) is 10.1 Å². The van der Waals surface area contributed by atoms with E-state index in [1.54, 1.807) is 0 Å². The normalized spacial score (nSPS) is 11.1. The maximum Gasteiger partial charge on any atom is 0.242 e. The summed E-state index contributed by atoms with van der Waals surface area (Å²) < 4.78 is 38.9. The minimum absolute atomic E-state index is 0.112. The number of nitrogens with one attached hydrogen (secondary N) is 1. The van der Waals surface area contributed by atoms with E-state index in [4.69, 9.17) is 12.2 Å². The van der Waals surface area contributed by atoms with Gasteiger partial charge in [0, 0.05) is 12.3 Å². The van der Waals surface area contributed by atoms with Crippen LogP contribution >= 0.6 is 11.8 Å². The van der Waals surface area contributed by atoms with E-state index in [0.29, 0.717) is 11.5 Å². The van der Waals surface area contributed by atoms with Crippen LogP contribution in [0.2, 0.25) is 0 Å². The lowest BCUT2D eigenvalue weighted by Gasteiger charge is -2.08. The van der Waals surface area contributed by atoms with Crippen molar-refractivity contribution in [3.8, 4) is 12.3 Å². The molecule has 18 heavy (non-hydrogen) atoms. The molecule has 0 aliphatic rings. The third-order valence-electron chi connectivity index (χ3n) is 1.99. The fourth-order valence-corrected chi connectivity index (χ4v) is 3.00. The van der Waals surface area contributed by atoms with Crippen LogP contribution in [0, 0.1) is 18.2 Å². The molecular weight excluding hydrogens is 275 g/mol. The van der Waals surface area contributed by atoms with Crippen LogP contribution in [0.15, 0.2) is 23.1 Å². The van der Waals surface area contributed by atoms with Crippen LogP contribution < -0.4 is 10.5 Å². The molecule has 1 rings (SSSR count). The van der Waals surface area contributed by atoms with Crippen molar-refractivity contribution in [2.75, 3.05) is 23.8 Å². The summed E-state index contributed by atoms with van der Waals surface area (Å²) >= 11 is 1.44. The summed E-state index contributed by atoms with van der Waals surface area (Å²) in [6.45, 7) is 0.242. The summed E-state index contributed by atoms with van der Waals surface area (Å²) in [5, 5.41) is 0. The number of nitrogen functional groups attached to an aromatic ring is 1. The van der Waals surface area contributed by atoms with E-state index in [9.17, 15) is 12.8 Å². The van der Waals surface area contributed by atoms with Gasteiger partial charge >= 0.3 is 0 Å². The Morgan fingerprint density at radius 2 is 2.22 bits per heavy atom. The number of hydrogen-bond acceptors (Lipinski definition) is 4. The summed E-state index contributed by atoms with van der Waals surface area (Å²) in [7, 11) is -3.70. The van der Waals surface area contributed by atoms with E-state index in [2.05, 4.69) is 10.6 Å². The quantitative estimate of drug-likeness (QED) is 0.466. The number of anilines is 1. The average Bonchev–Trinajstić information content (AvgIpc) is 2.28. The van der Waals surface area contributed by atoms with E-state index in [1.807, 2.05) is 0 Å². The molecule has 1 aromatic rings. The second-order valence-corrected chi connectivity index (χ2v) is 6.18. The lowest BCUT2D eigenvalue weighted by Crippen LogP contribution is -2.26. The summed E-state index contributed by atoms with van der Waals surface area (Å²) in [4.78, 5) is -0.120. The van der Waals surface area contributed by atoms with Crippen LogP contribution in [-0.4, -0.2) is 26.5 Å². The van der Waals surface area contributed by atoms with Crippen molar-refractivity contribution in [1.82, 2.24) is 4.72 Å². The molecule has 0 bridgehead atoms. The third-order valence-corrected chi connectivity index (χ3v) is 4.38. The average molecular weight is 288 g/mol. The van der Waals surface area contributed by atoms with Crippen molar-refractivity contribution >= 4 is 27.5 Å². The first-order valence-electron chi connectivity index (χ1n) is 5.03. The molecule has 0 saturated carbocycles. The summed E-state index contributed by atoms with van der Waals surface area (Å²) in [6.07, 6.45) is 5.06. The Bertz CT molecular complexity index is 553. The van der Waals surface area contributed by atoms with Crippen molar-refractivity contribution in [3.63, 3.8) is 0 Å². The molecule has 0 amide bonds. The van der Waals surface area contributed by atoms with Gasteiger partial charge in [0.15, 0.2) is 0 Å². The lowest BCUT2D eigenvalue weighted by atomic mass is 10.3. The molecule has 4 nitrogen and oxygen atoms in total. The van der Waals surface area contributed by atoms with Gasteiger partial charge in [0.2, 0.25) is 10.0 Å². The highest BCUT2D eigenvalue weighted by Crippen LogP contribution is 2.18. The minimum Gasteiger partial charge on any atom is -0.398 e. The molecule has 0 heterocycles. The summed E-state index contributed by atoms with van der Waals surface area (Å²) in [5.74, 6) is 2.95. The molecule has 0 radical (unpaired) electrons.